The molecule has 0 saturated carbocycles. The Morgan fingerprint density at radius 3 is 2.62 bits per heavy atom. The molecule has 0 aromatic heterocycles. The molecular weight excluding hydrogens is 336 g/mol. The van der Waals surface area contributed by atoms with Gasteiger partial charge >= 0.3 is 0 Å². The van der Waals surface area contributed by atoms with Gasteiger partial charge in [0.05, 0.1) is 0 Å². The molecule has 2 rings (SSSR count). The molecule has 0 spiro atoms. The number of nitrogens with one attached hydrogen (secondary N) is 1. The van der Waals surface area contributed by atoms with Crippen LogP contribution >= 0.6 is 15.9 Å². The SMILES string of the molecule is CCNCC(Cc1ccc(Br)cc1F)c1cccc(F)c1. The molecule has 0 aliphatic carbocycles. The Labute approximate surface area is 132 Å². The van der Waals surface area contributed by atoms with Crippen LogP contribution in [0.5, 0.6) is 0 Å². The average molecular weight is 354 g/mol. The van der Waals surface area contributed by atoms with Gasteiger partial charge in [0.25, 0.3) is 0 Å². The summed E-state index contributed by atoms with van der Waals surface area (Å²) < 4.78 is 28.1. The van der Waals surface area contributed by atoms with E-state index in [0.29, 0.717) is 18.5 Å². The van der Waals surface area contributed by atoms with Crippen LogP contribution in [0.25, 0.3) is 0 Å². The van der Waals surface area contributed by atoms with Gasteiger partial charge in [-0.25, -0.2) is 8.78 Å². The first-order valence-electron chi connectivity index (χ1n) is 7.00. The van der Waals surface area contributed by atoms with Crippen LogP contribution in [0.3, 0.4) is 0 Å². The zero-order valence-corrected chi connectivity index (χ0v) is 13.5. The van der Waals surface area contributed by atoms with Crippen molar-refractivity contribution in [2.45, 2.75) is 19.3 Å². The zero-order valence-electron chi connectivity index (χ0n) is 11.9. The first kappa shape index (κ1) is 16.1. The number of hydrogen-bond donors (Lipinski definition) is 1. The molecule has 0 aliphatic rings. The minimum atomic E-state index is -0.259. The highest BCUT2D eigenvalue weighted by Crippen LogP contribution is 2.24. The fourth-order valence-corrected chi connectivity index (χ4v) is 2.67. The van der Waals surface area contributed by atoms with Crippen molar-refractivity contribution in [2.75, 3.05) is 13.1 Å². The minimum Gasteiger partial charge on any atom is -0.316 e. The summed E-state index contributed by atoms with van der Waals surface area (Å²) in [5, 5.41) is 3.26. The lowest BCUT2D eigenvalue weighted by Crippen LogP contribution is -2.23. The van der Waals surface area contributed by atoms with E-state index in [2.05, 4.69) is 21.2 Å². The Kier molecular flexibility index (Phi) is 5.88. The van der Waals surface area contributed by atoms with Crippen LogP contribution < -0.4 is 5.32 Å². The van der Waals surface area contributed by atoms with Crippen LogP contribution in [0, 0.1) is 11.6 Å². The van der Waals surface area contributed by atoms with Crippen LogP contribution in [0.15, 0.2) is 46.9 Å². The largest absolute Gasteiger partial charge is 0.316 e. The number of rotatable bonds is 6. The number of halogens is 3. The smallest absolute Gasteiger partial charge is 0.127 e. The molecule has 1 nitrogen and oxygen atoms in total. The van der Waals surface area contributed by atoms with Crippen molar-refractivity contribution in [3.63, 3.8) is 0 Å². The summed E-state index contributed by atoms with van der Waals surface area (Å²) in [6, 6.07) is 11.6. The molecule has 0 amide bonds. The Hall–Kier alpha value is -1.26. The maximum atomic E-state index is 14.0. The van der Waals surface area contributed by atoms with Crippen molar-refractivity contribution < 1.29 is 8.78 Å². The summed E-state index contributed by atoms with van der Waals surface area (Å²) in [7, 11) is 0. The monoisotopic (exact) mass is 353 g/mol. The van der Waals surface area contributed by atoms with Gasteiger partial charge in [0, 0.05) is 16.9 Å². The summed E-state index contributed by atoms with van der Waals surface area (Å²) in [6.07, 6.45) is 0.537. The van der Waals surface area contributed by atoms with E-state index in [4.69, 9.17) is 0 Å². The van der Waals surface area contributed by atoms with Gasteiger partial charge in [-0.2, -0.15) is 0 Å². The summed E-state index contributed by atoms with van der Waals surface area (Å²) in [5.74, 6) is -0.455. The average Bonchev–Trinajstić information content (AvgIpc) is 2.45. The number of hydrogen-bond acceptors (Lipinski definition) is 1. The molecule has 0 heterocycles. The van der Waals surface area contributed by atoms with E-state index in [1.165, 1.54) is 18.2 Å². The Morgan fingerprint density at radius 1 is 1.14 bits per heavy atom. The fourth-order valence-electron chi connectivity index (χ4n) is 2.34. The highest BCUT2D eigenvalue weighted by molar-refractivity contribution is 9.10. The predicted octanol–water partition coefficient (Wildman–Crippen LogP) is 4.66. The summed E-state index contributed by atoms with van der Waals surface area (Å²) in [5.41, 5.74) is 1.53. The van der Waals surface area contributed by atoms with Gasteiger partial charge < -0.3 is 5.32 Å². The van der Waals surface area contributed by atoms with Crippen molar-refractivity contribution >= 4 is 15.9 Å². The van der Waals surface area contributed by atoms with E-state index < -0.39 is 0 Å². The third kappa shape index (κ3) is 4.61. The lowest BCUT2D eigenvalue weighted by atomic mass is 9.91. The molecule has 4 heteroatoms. The van der Waals surface area contributed by atoms with Crippen LogP contribution in [0.1, 0.15) is 24.0 Å². The number of likely N-dealkylation sites (N-methyl/N-ethyl adjacent to an activating group) is 1. The second-order valence-corrected chi connectivity index (χ2v) is 5.92. The highest BCUT2D eigenvalue weighted by Gasteiger charge is 2.15. The van der Waals surface area contributed by atoms with Crippen LogP contribution in [-0.2, 0) is 6.42 Å². The standard InChI is InChI=1S/C17H18BrF2N/c1-2-21-11-14(12-4-3-5-16(19)9-12)8-13-6-7-15(18)10-17(13)20/h3-7,9-10,14,21H,2,8,11H2,1H3. The second-order valence-electron chi connectivity index (χ2n) is 5.00. The molecule has 0 bridgehead atoms. The van der Waals surface area contributed by atoms with Crippen molar-refractivity contribution in [3.8, 4) is 0 Å². The lowest BCUT2D eigenvalue weighted by Gasteiger charge is -2.18. The van der Waals surface area contributed by atoms with Crippen molar-refractivity contribution in [2.24, 2.45) is 0 Å². The third-order valence-electron chi connectivity index (χ3n) is 3.44. The first-order chi connectivity index (χ1) is 10.1. The van der Waals surface area contributed by atoms with Gasteiger partial charge in [-0.15, -0.1) is 0 Å². The van der Waals surface area contributed by atoms with E-state index in [-0.39, 0.29) is 17.6 Å². The first-order valence-corrected chi connectivity index (χ1v) is 7.79. The molecule has 0 fully saturated rings. The van der Waals surface area contributed by atoms with E-state index in [1.807, 2.05) is 19.1 Å². The van der Waals surface area contributed by atoms with Gasteiger partial charge in [-0.1, -0.05) is 41.1 Å². The van der Waals surface area contributed by atoms with Crippen molar-refractivity contribution in [3.05, 3.63) is 69.7 Å². The highest BCUT2D eigenvalue weighted by atomic mass is 79.9. The fraction of sp³-hybridized carbons (Fsp3) is 0.294. The van der Waals surface area contributed by atoms with Gasteiger partial charge in [0.2, 0.25) is 0 Å². The molecule has 1 N–H and O–H groups in total. The molecule has 112 valence electrons. The second kappa shape index (κ2) is 7.66. The molecule has 2 aromatic rings. The molecule has 2 aromatic carbocycles. The van der Waals surface area contributed by atoms with E-state index in [9.17, 15) is 8.78 Å². The van der Waals surface area contributed by atoms with Crippen molar-refractivity contribution in [1.82, 2.24) is 5.32 Å². The quantitative estimate of drug-likeness (QED) is 0.795. The van der Waals surface area contributed by atoms with Gasteiger partial charge in [-0.3, -0.25) is 0 Å². The molecule has 0 aliphatic heterocycles. The molecular formula is C17H18BrF2N. The van der Waals surface area contributed by atoms with Crippen LogP contribution in [-0.4, -0.2) is 13.1 Å². The van der Waals surface area contributed by atoms with Crippen LogP contribution in [0.4, 0.5) is 8.78 Å². The number of benzene rings is 2. The maximum absolute atomic E-state index is 14.0. The molecule has 1 unspecified atom stereocenters. The summed E-state index contributed by atoms with van der Waals surface area (Å²) >= 11 is 3.26. The lowest BCUT2D eigenvalue weighted by molar-refractivity contribution is 0.557. The minimum absolute atomic E-state index is 0.0383. The van der Waals surface area contributed by atoms with Crippen molar-refractivity contribution in [1.29, 1.82) is 0 Å². The van der Waals surface area contributed by atoms with Crippen LogP contribution in [0.2, 0.25) is 0 Å². The zero-order chi connectivity index (χ0) is 15.2. The Morgan fingerprint density at radius 2 is 1.95 bits per heavy atom. The maximum Gasteiger partial charge on any atom is 0.127 e. The van der Waals surface area contributed by atoms with Gasteiger partial charge in [0.1, 0.15) is 11.6 Å². The third-order valence-corrected chi connectivity index (χ3v) is 3.94. The van der Waals surface area contributed by atoms with E-state index >= 15 is 0 Å². The Balaban J connectivity index is 2.23. The van der Waals surface area contributed by atoms with Gasteiger partial charge in [-0.05, 0) is 48.4 Å². The molecule has 1 atom stereocenters. The summed E-state index contributed by atoms with van der Waals surface area (Å²) in [4.78, 5) is 0. The molecule has 0 radical (unpaired) electrons. The van der Waals surface area contributed by atoms with Gasteiger partial charge in [0.15, 0.2) is 0 Å². The molecule has 0 saturated heterocycles. The van der Waals surface area contributed by atoms with E-state index in [0.717, 1.165) is 16.6 Å². The van der Waals surface area contributed by atoms with E-state index in [1.54, 1.807) is 12.1 Å². The predicted molar refractivity (Wildman–Crippen MR) is 85.5 cm³/mol. The normalized spacial score (nSPS) is 12.4. The molecule has 21 heavy (non-hydrogen) atoms. The summed E-state index contributed by atoms with van der Waals surface area (Å²) in [6.45, 7) is 3.53. The Bertz CT molecular complexity index is 601. The topological polar surface area (TPSA) is 12.0 Å².